The summed E-state index contributed by atoms with van der Waals surface area (Å²) >= 11 is 6.00. The Kier molecular flexibility index (Phi) is 5.99. The summed E-state index contributed by atoms with van der Waals surface area (Å²) in [5, 5.41) is 0.618. The minimum absolute atomic E-state index is 0.154. The Hall–Kier alpha value is -1.85. The number of hydrogen-bond donors (Lipinski definition) is 0. The first-order valence-electron chi connectivity index (χ1n) is 9.40. The molecule has 2 heterocycles. The van der Waals surface area contributed by atoms with Crippen molar-refractivity contribution in [1.29, 1.82) is 0 Å². The molecule has 5 nitrogen and oxygen atoms in total. The predicted octanol–water partition coefficient (Wildman–Crippen LogP) is 2.86. The first-order chi connectivity index (χ1) is 12.6. The highest BCUT2D eigenvalue weighted by Crippen LogP contribution is 2.32. The number of carbonyl (C=O) groups is 2. The van der Waals surface area contributed by atoms with Crippen LogP contribution in [0.5, 0.6) is 0 Å². The SMILES string of the molecule is CCCCN1C(=O)C(c2ccc(Cl)cc2)=C(N2CCN(CC)CC2)C1=O. The van der Waals surface area contributed by atoms with E-state index in [1.54, 1.807) is 12.1 Å². The molecule has 1 aromatic rings. The lowest BCUT2D eigenvalue weighted by atomic mass is 10.0. The van der Waals surface area contributed by atoms with E-state index in [0.29, 0.717) is 22.8 Å². The summed E-state index contributed by atoms with van der Waals surface area (Å²) in [5.74, 6) is -0.336. The van der Waals surface area contributed by atoms with Crippen LogP contribution in [0.4, 0.5) is 0 Å². The predicted molar refractivity (Wildman–Crippen MR) is 104 cm³/mol. The first kappa shape index (κ1) is 18.9. The molecule has 0 N–H and O–H groups in total. The van der Waals surface area contributed by atoms with Gasteiger partial charge in [0.2, 0.25) is 0 Å². The van der Waals surface area contributed by atoms with Gasteiger partial charge in [-0.25, -0.2) is 0 Å². The number of hydrogen-bond acceptors (Lipinski definition) is 4. The molecular weight excluding hydrogens is 350 g/mol. The van der Waals surface area contributed by atoms with Gasteiger partial charge in [0.1, 0.15) is 5.70 Å². The average molecular weight is 376 g/mol. The molecule has 26 heavy (non-hydrogen) atoms. The summed E-state index contributed by atoms with van der Waals surface area (Å²) < 4.78 is 0. The van der Waals surface area contributed by atoms with Crippen LogP contribution in [0.2, 0.25) is 5.02 Å². The average Bonchev–Trinajstić information content (AvgIpc) is 2.91. The van der Waals surface area contributed by atoms with E-state index in [9.17, 15) is 9.59 Å². The number of carbonyl (C=O) groups excluding carboxylic acids is 2. The molecule has 0 spiro atoms. The fraction of sp³-hybridized carbons (Fsp3) is 0.500. The molecule has 0 bridgehead atoms. The maximum atomic E-state index is 13.1. The Bertz CT molecular complexity index is 706. The smallest absolute Gasteiger partial charge is 0.277 e. The first-order valence-corrected chi connectivity index (χ1v) is 9.78. The standard InChI is InChI=1S/C20H26ClN3O2/c1-3-5-10-24-19(25)17(15-6-8-16(21)9-7-15)18(20(24)26)23-13-11-22(4-2)12-14-23/h6-9H,3-5,10-14H2,1-2H3. The van der Waals surface area contributed by atoms with Gasteiger partial charge in [-0.3, -0.25) is 14.5 Å². The molecule has 0 aliphatic carbocycles. The Morgan fingerprint density at radius 2 is 1.62 bits per heavy atom. The van der Waals surface area contributed by atoms with Crippen molar-refractivity contribution >= 4 is 29.0 Å². The highest BCUT2D eigenvalue weighted by molar-refractivity contribution is 6.36. The molecule has 0 atom stereocenters. The Morgan fingerprint density at radius 1 is 0.962 bits per heavy atom. The van der Waals surface area contributed by atoms with Crippen molar-refractivity contribution in [3.63, 3.8) is 0 Å². The molecule has 2 amide bonds. The summed E-state index contributed by atoms with van der Waals surface area (Å²) in [7, 11) is 0. The van der Waals surface area contributed by atoms with E-state index in [0.717, 1.165) is 51.1 Å². The Labute approximate surface area is 160 Å². The van der Waals surface area contributed by atoms with Gasteiger partial charge in [0.15, 0.2) is 0 Å². The van der Waals surface area contributed by atoms with Gasteiger partial charge in [-0.1, -0.05) is 44.0 Å². The minimum atomic E-state index is -0.182. The molecule has 3 rings (SSSR count). The normalized spacial score (nSPS) is 19.0. The second-order valence-electron chi connectivity index (χ2n) is 6.77. The largest absolute Gasteiger partial charge is 0.364 e. The van der Waals surface area contributed by atoms with E-state index in [-0.39, 0.29) is 11.8 Å². The molecule has 2 aliphatic rings. The topological polar surface area (TPSA) is 43.9 Å². The third kappa shape index (κ3) is 3.64. The Balaban J connectivity index is 1.96. The van der Waals surface area contributed by atoms with Gasteiger partial charge < -0.3 is 9.80 Å². The molecule has 0 unspecified atom stereocenters. The van der Waals surface area contributed by atoms with Crippen LogP contribution in [0.3, 0.4) is 0 Å². The van der Waals surface area contributed by atoms with Crippen molar-refractivity contribution in [1.82, 2.24) is 14.7 Å². The summed E-state index contributed by atoms with van der Waals surface area (Å²) in [6, 6.07) is 7.19. The van der Waals surface area contributed by atoms with E-state index in [1.807, 2.05) is 12.1 Å². The number of halogens is 1. The highest BCUT2D eigenvalue weighted by Gasteiger charge is 2.41. The molecule has 0 aromatic heterocycles. The van der Waals surface area contributed by atoms with Gasteiger partial charge >= 0.3 is 0 Å². The van der Waals surface area contributed by atoms with Gasteiger partial charge in [-0.05, 0) is 30.7 Å². The molecule has 1 fully saturated rings. The maximum absolute atomic E-state index is 13.1. The van der Waals surface area contributed by atoms with Crippen molar-refractivity contribution in [2.75, 3.05) is 39.3 Å². The van der Waals surface area contributed by atoms with Gasteiger partial charge in [0, 0.05) is 37.7 Å². The van der Waals surface area contributed by atoms with Crippen molar-refractivity contribution in [3.8, 4) is 0 Å². The van der Waals surface area contributed by atoms with Crippen LogP contribution >= 0.6 is 11.6 Å². The molecule has 6 heteroatoms. The maximum Gasteiger partial charge on any atom is 0.277 e. The lowest BCUT2D eigenvalue weighted by molar-refractivity contribution is -0.137. The third-order valence-corrected chi connectivity index (χ3v) is 5.40. The summed E-state index contributed by atoms with van der Waals surface area (Å²) in [4.78, 5) is 32.0. The van der Waals surface area contributed by atoms with E-state index in [2.05, 4.69) is 23.6 Å². The molecule has 0 saturated carbocycles. The van der Waals surface area contributed by atoms with Crippen LogP contribution in [-0.2, 0) is 9.59 Å². The number of nitrogens with zero attached hydrogens (tertiary/aromatic N) is 3. The molecule has 1 aromatic carbocycles. The van der Waals surface area contributed by atoms with Crippen molar-refractivity contribution in [2.24, 2.45) is 0 Å². The lowest BCUT2D eigenvalue weighted by Gasteiger charge is -2.36. The van der Waals surface area contributed by atoms with Gasteiger partial charge in [-0.15, -0.1) is 0 Å². The number of amides is 2. The lowest BCUT2D eigenvalue weighted by Crippen LogP contribution is -2.47. The molecular formula is C20H26ClN3O2. The van der Waals surface area contributed by atoms with Crippen LogP contribution in [-0.4, -0.2) is 65.8 Å². The fourth-order valence-corrected chi connectivity index (χ4v) is 3.67. The van der Waals surface area contributed by atoms with Crippen LogP contribution in [0.15, 0.2) is 30.0 Å². The molecule has 0 radical (unpaired) electrons. The molecule has 2 aliphatic heterocycles. The van der Waals surface area contributed by atoms with Gasteiger partial charge in [-0.2, -0.15) is 0 Å². The molecule has 1 saturated heterocycles. The quantitative estimate of drug-likeness (QED) is 0.717. The van der Waals surface area contributed by atoms with Crippen LogP contribution in [0.1, 0.15) is 32.3 Å². The van der Waals surface area contributed by atoms with Gasteiger partial charge in [0.05, 0.1) is 5.57 Å². The minimum Gasteiger partial charge on any atom is -0.364 e. The van der Waals surface area contributed by atoms with Crippen LogP contribution in [0, 0.1) is 0 Å². The zero-order valence-electron chi connectivity index (χ0n) is 15.5. The second kappa shape index (κ2) is 8.23. The zero-order chi connectivity index (χ0) is 18.7. The number of rotatable bonds is 6. The summed E-state index contributed by atoms with van der Waals surface area (Å²) in [5.41, 5.74) is 1.84. The second-order valence-corrected chi connectivity index (χ2v) is 7.20. The van der Waals surface area contributed by atoms with E-state index >= 15 is 0 Å². The summed E-state index contributed by atoms with van der Waals surface area (Å²) in [6.07, 6.45) is 1.76. The van der Waals surface area contributed by atoms with Crippen molar-refractivity contribution in [3.05, 3.63) is 40.5 Å². The zero-order valence-corrected chi connectivity index (χ0v) is 16.3. The van der Waals surface area contributed by atoms with Gasteiger partial charge in [0.25, 0.3) is 11.8 Å². The number of unbranched alkanes of at least 4 members (excludes halogenated alkanes) is 1. The highest BCUT2D eigenvalue weighted by atomic mass is 35.5. The third-order valence-electron chi connectivity index (χ3n) is 5.15. The van der Waals surface area contributed by atoms with Crippen molar-refractivity contribution < 1.29 is 9.59 Å². The number of imide groups is 1. The molecule has 140 valence electrons. The number of likely N-dealkylation sites (N-methyl/N-ethyl adjacent to an activating group) is 1. The van der Waals surface area contributed by atoms with Crippen LogP contribution in [0.25, 0.3) is 5.57 Å². The Morgan fingerprint density at radius 3 is 2.19 bits per heavy atom. The number of piperazine rings is 1. The van der Waals surface area contributed by atoms with E-state index in [1.165, 1.54) is 4.90 Å². The van der Waals surface area contributed by atoms with E-state index < -0.39 is 0 Å². The van der Waals surface area contributed by atoms with Crippen LogP contribution < -0.4 is 0 Å². The fourth-order valence-electron chi connectivity index (χ4n) is 3.54. The van der Waals surface area contributed by atoms with E-state index in [4.69, 9.17) is 11.6 Å². The number of benzene rings is 1. The van der Waals surface area contributed by atoms with Crippen molar-refractivity contribution in [2.45, 2.75) is 26.7 Å². The summed E-state index contributed by atoms with van der Waals surface area (Å²) in [6.45, 7) is 9.03. The monoisotopic (exact) mass is 375 g/mol.